The Bertz CT molecular complexity index is 872. The van der Waals surface area contributed by atoms with E-state index in [1.54, 1.807) is 6.07 Å². The summed E-state index contributed by atoms with van der Waals surface area (Å²) in [7, 11) is 0. The van der Waals surface area contributed by atoms with Crippen molar-refractivity contribution in [3.05, 3.63) is 40.5 Å². The van der Waals surface area contributed by atoms with Gasteiger partial charge in [-0.1, -0.05) is 6.42 Å². The minimum Gasteiger partial charge on any atom is -0.487 e. The number of fused-ring (bicyclic) bond motifs is 1. The van der Waals surface area contributed by atoms with Crippen molar-refractivity contribution in [1.29, 1.82) is 0 Å². The third kappa shape index (κ3) is 3.26. The molecule has 1 amide bonds. The van der Waals surface area contributed by atoms with Crippen LogP contribution in [0.15, 0.2) is 24.3 Å². The zero-order chi connectivity index (χ0) is 18.3. The topological polar surface area (TPSA) is 55.4 Å². The van der Waals surface area contributed by atoms with Crippen molar-refractivity contribution >= 4 is 23.0 Å². The van der Waals surface area contributed by atoms with Gasteiger partial charge in [-0.05, 0) is 44.0 Å². The third-order valence-electron chi connectivity index (χ3n) is 5.06. The Balaban J connectivity index is 1.51. The largest absolute Gasteiger partial charge is 0.487 e. The van der Waals surface area contributed by atoms with Gasteiger partial charge in [-0.15, -0.1) is 11.3 Å². The number of nitrogens with one attached hydrogen (secondary N) is 1. The standard InChI is InChI=1S/C20H20FNO3S/c1-11(23)17-5-6-18(26-17)16-9-14(21)7-13-8-15(25-19(13)16)10-22-20(24)12-3-2-4-12/h5-7,9,12,15H,2-4,8,10H2,1H3,(H,22,24)/t15-/m0/s1. The van der Waals surface area contributed by atoms with E-state index < -0.39 is 0 Å². The first-order valence-electron chi connectivity index (χ1n) is 8.89. The second-order valence-electron chi connectivity index (χ2n) is 6.98. The lowest BCUT2D eigenvalue weighted by Crippen LogP contribution is -2.40. The Morgan fingerprint density at radius 3 is 2.77 bits per heavy atom. The Morgan fingerprint density at radius 1 is 1.31 bits per heavy atom. The molecule has 1 aliphatic carbocycles. The summed E-state index contributed by atoms with van der Waals surface area (Å²) in [4.78, 5) is 25.0. The van der Waals surface area contributed by atoms with E-state index in [-0.39, 0.29) is 29.5 Å². The lowest BCUT2D eigenvalue weighted by atomic mass is 9.85. The van der Waals surface area contributed by atoms with Gasteiger partial charge in [-0.3, -0.25) is 9.59 Å². The molecule has 0 bridgehead atoms. The highest BCUT2D eigenvalue weighted by Crippen LogP contribution is 2.42. The summed E-state index contributed by atoms with van der Waals surface area (Å²) in [5.74, 6) is 0.562. The van der Waals surface area contributed by atoms with Crippen molar-refractivity contribution in [3.8, 4) is 16.2 Å². The van der Waals surface area contributed by atoms with E-state index in [0.717, 1.165) is 29.7 Å². The molecule has 1 aliphatic heterocycles. The van der Waals surface area contributed by atoms with Crippen molar-refractivity contribution in [2.75, 3.05) is 6.54 Å². The second-order valence-corrected chi connectivity index (χ2v) is 8.06. The number of ketones is 1. The third-order valence-corrected chi connectivity index (χ3v) is 6.28. The second kappa shape index (κ2) is 6.83. The molecule has 0 spiro atoms. The Labute approximate surface area is 155 Å². The number of amides is 1. The van der Waals surface area contributed by atoms with Gasteiger partial charge < -0.3 is 10.1 Å². The smallest absolute Gasteiger partial charge is 0.223 e. The summed E-state index contributed by atoms with van der Waals surface area (Å²) < 4.78 is 20.1. The molecule has 136 valence electrons. The van der Waals surface area contributed by atoms with E-state index in [2.05, 4.69) is 5.32 Å². The monoisotopic (exact) mass is 373 g/mol. The molecule has 4 nitrogen and oxygen atoms in total. The number of thiophene rings is 1. The van der Waals surface area contributed by atoms with Gasteiger partial charge >= 0.3 is 0 Å². The van der Waals surface area contributed by atoms with Crippen LogP contribution in [0.25, 0.3) is 10.4 Å². The molecule has 0 radical (unpaired) electrons. The normalized spacial score (nSPS) is 18.8. The number of hydrogen-bond acceptors (Lipinski definition) is 4. The highest BCUT2D eigenvalue weighted by molar-refractivity contribution is 7.17. The molecule has 1 fully saturated rings. The molecule has 6 heteroatoms. The molecule has 1 aromatic heterocycles. The number of halogens is 1. The Hall–Kier alpha value is -2.21. The van der Waals surface area contributed by atoms with E-state index in [1.165, 1.54) is 30.4 Å². The molecular formula is C20H20FNO3S. The number of hydrogen-bond donors (Lipinski definition) is 1. The number of benzene rings is 1. The van der Waals surface area contributed by atoms with E-state index in [1.807, 2.05) is 6.07 Å². The maximum Gasteiger partial charge on any atom is 0.223 e. The maximum atomic E-state index is 14.1. The van der Waals surface area contributed by atoms with Gasteiger partial charge in [0.1, 0.15) is 17.7 Å². The molecule has 0 saturated heterocycles. The van der Waals surface area contributed by atoms with Gasteiger partial charge in [-0.2, -0.15) is 0 Å². The van der Waals surface area contributed by atoms with E-state index in [0.29, 0.717) is 29.2 Å². The van der Waals surface area contributed by atoms with E-state index >= 15 is 0 Å². The Morgan fingerprint density at radius 2 is 2.12 bits per heavy atom. The number of carbonyl (C=O) groups is 2. The van der Waals surface area contributed by atoms with Crippen LogP contribution >= 0.6 is 11.3 Å². The van der Waals surface area contributed by atoms with Crippen LogP contribution in [0, 0.1) is 11.7 Å². The summed E-state index contributed by atoms with van der Waals surface area (Å²) >= 11 is 1.34. The van der Waals surface area contributed by atoms with Gasteiger partial charge in [0.25, 0.3) is 0 Å². The Kier molecular flexibility index (Phi) is 4.53. The van der Waals surface area contributed by atoms with Crippen LogP contribution in [0.5, 0.6) is 5.75 Å². The average molecular weight is 373 g/mol. The van der Waals surface area contributed by atoms with Crippen LogP contribution in [0.4, 0.5) is 4.39 Å². The molecule has 1 atom stereocenters. The van der Waals surface area contributed by atoms with Crippen molar-refractivity contribution < 1.29 is 18.7 Å². The quantitative estimate of drug-likeness (QED) is 0.807. The van der Waals surface area contributed by atoms with Crippen LogP contribution in [-0.4, -0.2) is 24.3 Å². The lowest BCUT2D eigenvalue weighted by molar-refractivity contribution is -0.127. The van der Waals surface area contributed by atoms with Crippen molar-refractivity contribution in [2.24, 2.45) is 5.92 Å². The predicted octanol–water partition coefficient (Wildman–Crippen LogP) is 3.98. The highest BCUT2D eigenvalue weighted by Gasteiger charge is 2.30. The summed E-state index contributed by atoms with van der Waals surface area (Å²) in [6.07, 6.45) is 3.42. The molecule has 2 aliphatic rings. The van der Waals surface area contributed by atoms with Crippen LogP contribution < -0.4 is 10.1 Å². The van der Waals surface area contributed by atoms with E-state index in [4.69, 9.17) is 4.74 Å². The highest BCUT2D eigenvalue weighted by atomic mass is 32.1. The zero-order valence-corrected chi connectivity index (χ0v) is 15.3. The molecular weight excluding hydrogens is 353 g/mol. The summed E-state index contributed by atoms with van der Waals surface area (Å²) in [5.41, 5.74) is 1.48. The number of Topliss-reactive ketones (excluding diaryl/α,β-unsaturated/α-hetero) is 1. The molecule has 1 aromatic carbocycles. The molecule has 2 aromatic rings. The predicted molar refractivity (Wildman–Crippen MR) is 98.2 cm³/mol. The fourth-order valence-electron chi connectivity index (χ4n) is 3.39. The fourth-order valence-corrected chi connectivity index (χ4v) is 4.31. The molecule has 4 rings (SSSR count). The average Bonchev–Trinajstić information content (AvgIpc) is 3.17. The van der Waals surface area contributed by atoms with Crippen molar-refractivity contribution in [3.63, 3.8) is 0 Å². The van der Waals surface area contributed by atoms with Gasteiger partial charge in [-0.25, -0.2) is 4.39 Å². The number of rotatable bonds is 5. The lowest BCUT2D eigenvalue weighted by Gasteiger charge is -2.24. The summed E-state index contributed by atoms with van der Waals surface area (Å²) in [5, 5.41) is 2.95. The van der Waals surface area contributed by atoms with Crippen molar-refractivity contribution in [1.82, 2.24) is 5.32 Å². The minimum absolute atomic E-state index is 0.00759. The maximum absolute atomic E-state index is 14.1. The number of carbonyl (C=O) groups excluding carboxylic acids is 2. The number of ether oxygens (including phenoxy) is 1. The molecule has 1 saturated carbocycles. The summed E-state index contributed by atoms with van der Waals surface area (Å²) in [6, 6.07) is 6.52. The van der Waals surface area contributed by atoms with Crippen LogP contribution in [0.1, 0.15) is 41.4 Å². The van der Waals surface area contributed by atoms with Crippen LogP contribution in [-0.2, 0) is 11.2 Å². The minimum atomic E-state index is -0.320. The molecule has 1 N–H and O–H groups in total. The van der Waals surface area contributed by atoms with Gasteiger partial charge in [0.05, 0.1) is 11.4 Å². The van der Waals surface area contributed by atoms with Gasteiger partial charge in [0.2, 0.25) is 5.91 Å². The SMILES string of the molecule is CC(=O)c1ccc(-c2cc(F)cc3c2O[C@H](CNC(=O)C2CCC2)C3)s1. The molecule has 26 heavy (non-hydrogen) atoms. The van der Waals surface area contributed by atoms with E-state index in [9.17, 15) is 14.0 Å². The molecule has 0 unspecified atom stereocenters. The molecule has 2 heterocycles. The van der Waals surface area contributed by atoms with Gasteiger partial charge in [0, 0.05) is 28.3 Å². The van der Waals surface area contributed by atoms with Crippen molar-refractivity contribution in [2.45, 2.75) is 38.7 Å². The first-order valence-corrected chi connectivity index (χ1v) is 9.71. The van der Waals surface area contributed by atoms with Gasteiger partial charge in [0.15, 0.2) is 5.78 Å². The fraction of sp³-hybridized carbons (Fsp3) is 0.400. The first-order chi connectivity index (χ1) is 12.5. The van der Waals surface area contributed by atoms with Crippen LogP contribution in [0.2, 0.25) is 0 Å². The van der Waals surface area contributed by atoms with Crippen LogP contribution in [0.3, 0.4) is 0 Å². The first kappa shape index (κ1) is 17.2. The summed E-state index contributed by atoms with van der Waals surface area (Å²) in [6.45, 7) is 1.94. The zero-order valence-electron chi connectivity index (χ0n) is 14.5.